The molecular weight excluding hydrogens is 230 g/mol. The molecule has 0 radical (unpaired) electrons. The predicted molar refractivity (Wildman–Crippen MR) is 73.1 cm³/mol. The number of hydrogen-bond acceptors (Lipinski definition) is 5. The van der Waals surface area contributed by atoms with Gasteiger partial charge in [0, 0.05) is 11.5 Å². The average molecular weight is 249 g/mol. The summed E-state index contributed by atoms with van der Waals surface area (Å²) in [6.07, 6.45) is 0. The van der Waals surface area contributed by atoms with Gasteiger partial charge in [0.25, 0.3) is 0 Å². The van der Waals surface area contributed by atoms with E-state index in [0.717, 1.165) is 10.9 Å². The summed E-state index contributed by atoms with van der Waals surface area (Å²) in [5.74, 6) is 2.34. The second kappa shape index (κ2) is 6.05. The number of nitrogens with zero attached hydrogens (tertiary/aromatic N) is 2. The fourth-order valence-corrected chi connectivity index (χ4v) is 1.60. The number of nitrogens with two attached hydrogens (primary N) is 1. The van der Waals surface area contributed by atoms with Gasteiger partial charge in [-0.15, -0.1) is 0 Å². The number of hydrogen-bond donors (Lipinski definition) is 1. The number of fused-ring (bicyclic) bond motifs is 1. The van der Waals surface area contributed by atoms with Gasteiger partial charge in [0.15, 0.2) is 11.5 Å². The molecule has 1 heterocycles. The number of rotatable bonds is 2. The molecule has 0 fully saturated rings. The molecule has 0 aliphatic rings. The Bertz CT molecular complexity index is 541. The highest BCUT2D eigenvalue weighted by atomic mass is 16.5. The minimum atomic E-state index is 0.448. The van der Waals surface area contributed by atoms with Crippen molar-refractivity contribution in [1.29, 1.82) is 0 Å². The number of anilines is 1. The maximum Gasteiger partial charge on any atom is 0.162 e. The highest BCUT2D eigenvalue weighted by Gasteiger charge is 2.09. The van der Waals surface area contributed by atoms with Gasteiger partial charge in [0.05, 0.1) is 19.7 Å². The van der Waals surface area contributed by atoms with Gasteiger partial charge in [-0.25, -0.2) is 9.97 Å². The Kier molecular flexibility index (Phi) is 4.71. The molecule has 0 unspecified atom stereocenters. The maximum absolute atomic E-state index is 5.82. The van der Waals surface area contributed by atoms with Crippen LogP contribution in [0.2, 0.25) is 0 Å². The zero-order valence-electron chi connectivity index (χ0n) is 11.4. The molecule has 0 bridgehead atoms. The van der Waals surface area contributed by atoms with Crippen LogP contribution < -0.4 is 15.2 Å². The van der Waals surface area contributed by atoms with Gasteiger partial charge in [-0.05, 0) is 13.0 Å². The Hall–Kier alpha value is -2.04. The third kappa shape index (κ3) is 2.61. The molecule has 2 rings (SSSR count). The predicted octanol–water partition coefficient (Wildman–Crippen LogP) is 2.56. The van der Waals surface area contributed by atoms with Crippen molar-refractivity contribution in [3.05, 3.63) is 18.0 Å². The van der Waals surface area contributed by atoms with E-state index in [-0.39, 0.29) is 0 Å². The fraction of sp³-hybridized carbons (Fsp3) is 0.385. The van der Waals surface area contributed by atoms with Crippen molar-refractivity contribution >= 4 is 16.7 Å². The molecule has 1 aromatic carbocycles. The summed E-state index contributed by atoms with van der Waals surface area (Å²) >= 11 is 0. The van der Waals surface area contributed by atoms with Gasteiger partial charge in [-0.1, -0.05) is 13.8 Å². The van der Waals surface area contributed by atoms with Gasteiger partial charge < -0.3 is 15.2 Å². The standard InChI is InChI=1S/C11H13N3O2.C2H6/c1-6-13-8-5-10(16-3)9(15-2)4-7(8)11(12)14-6;1-2/h4-5H,1-3H3,(H2,12,13,14);1-2H3. The van der Waals surface area contributed by atoms with Crippen LogP contribution in [0.25, 0.3) is 10.9 Å². The van der Waals surface area contributed by atoms with Gasteiger partial charge in [0.1, 0.15) is 11.6 Å². The third-order valence-corrected chi connectivity index (χ3v) is 2.34. The maximum atomic E-state index is 5.82. The van der Waals surface area contributed by atoms with Crippen LogP contribution >= 0.6 is 0 Å². The summed E-state index contributed by atoms with van der Waals surface area (Å²) < 4.78 is 10.4. The topological polar surface area (TPSA) is 70.3 Å². The third-order valence-electron chi connectivity index (χ3n) is 2.34. The molecule has 5 heteroatoms. The van der Waals surface area contributed by atoms with Gasteiger partial charge in [0.2, 0.25) is 0 Å². The molecule has 0 aliphatic carbocycles. The molecule has 0 spiro atoms. The van der Waals surface area contributed by atoms with Crippen molar-refractivity contribution in [2.75, 3.05) is 20.0 Å². The summed E-state index contributed by atoms with van der Waals surface area (Å²) in [5.41, 5.74) is 6.58. The zero-order chi connectivity index (χ0) is 13.7. The molecular formula is C13H19N3O2. The first-order chi connectivity index (χ1) is 8.65. The second-order valence-electron chi connectivity index (χ2n) is 3.38. The Morgan fingerprint density at radius 1 is 1.00 bits per heavy atom. The van der Waals surface area contributed by atoms with Crippen molar-refractivity contribution in [3.63, 3.8) is 0 Å². The van der Waals surface area contributed by atoms with E-state index in [0.29, 0.717) is 23.1 Å². The number of methoxy groups -OCH3 is 2. The van der Waals surface area contributed by atoms with Crippen molar-refractivity contribution in [2.45, 2.75) is 20.8 Å². The summed E-state index contributed by atoms with van der Waals surface area (Å²) in [6.45, 7) is 5.80. The summed E-state index contributed by atoms with van der Waals surface area (Å²) in [7, 11) is 3.16. The number of nitrogen functional groups attached to an aromatic ring is 1. The van der Waals surface area contributed by atoms with E-state index in [1.165, 1.54) is 0 Å². The minimum absolute atomic E-state index is 0.448. The van der Waals surface area contributed by atoms with Crippen LogP contribution in [0.3, 0.4) is 0 Å². The molecule has 1 aromatic heterocycles. The second-order valence-corrected chi connectivity index (χ2v) is 3.38. The van der Waals surface area contributed by atoms with Gasteiger partial charge >= 0.3 is 0 Å². The Morgan fingerprint density at radius 2 is 1.56 bits per heavy atom. The van der Waals surface area contributed by atoms with Crippen molar-refractivity contribution in [2.24, 2.45) is 0 Å². The van der Waals surface area contributed by atoms with E-state index in [4.69, 9.17) is 15.2 Å². The van der Waals surface area contributed by atoms with E-state index < -0.39 is 0 Å². The molecule has 0 aliphatic heterocycles. The first kappa shape index (κ1) is 14.0. The molecule has 0 amide bonds. The highest BCUT2D eigenvalue weighted by molar-refractivity contribution is 5.90. The van der Waals surface area contributed by atoms with Crippen molar-refractivity contribution in [3.8, 4) is 11.5 Å². The van der Waals surface area contributed by atoms with E-state index in [9.17, 15) is 0 Å². The summed E-state index contributed by atoms with van der Waals surface area (Å²) in [5, 5.41) is 0.767. The van der Waals surface area contributed by atoms with E-state index >= 15 is 0 Å². The number of aromatic nitrogens is 2. The van der Waals surface area contributed by atoms with E-state index in [1.807, 2.05) is 13.8 Å². The van der Waals surface area contributed by atoms with Gasteiger partial charge in [-0.3, -0.25) is 0 Å². The van der Waals surface area contributed by atoms with E-state index in [1.54, 1.807) is 33.3 Å². The summed E-state index contributed by atoms with van der Waals surface area (Å²) in [6, 6.07) is 3.57. The van der Waals surface area contributed by atoms with Gasteiger partial charge in [-0.2, -0.15) is 0 Å². The van der Waals surface area contributed by atoms with E-state index in [2.05, 4.69) is 9.97 Å². The highest BCUT2D eigenvalue weighted by Crippen LogP contribution is 2.32. The van der Waals surface area contributed by atoms with Crippen molar-refractivity contribution < 1.29 is 9.47 Å². The first-order valence-corrected chi connectivity index (χ1v) is 5.81. The monoisotopic (exact) mass is 249 g/mol. The largest absolute Gasteiger partial charge is 0.493 e. The normalized spacial score (nSPS) is 9.61. The molecule has 18 heavy (non-hydrogen) atoms. The molecule has 0 saturated carbocycles. The number of benzene rings is 1. The van der Waals surface area contributed by atoms with Crippen molar-refractivity contribution in [1.82, 2.24) is 9.97 Å². The van der Waals surface area contributed by atoms with Crippen LogP contribution in [-0.2, 0) is 0 Å². The SMILES string of the molecule is CC.COc1cc2nc(C)nc(N)c2cc1OC. The smallest absolute Gasteiger partial charge is 0.162 e. The lowest BCUT2D eigenvalue weighted by atomic mass is 10.2. The lowest BCUT2D eigenvalue weighted by Gasteiger charge is -2.09. The van der Waals surface area contributed by atoms with Crippen LogP contribution in [0.15, 0.2) is 12.1 Å². The Labute approximate surface area is 107 Å². The zero-order valence-corrected chi connectivity index (χ0v) is 11.4. The molecule has 5 nitrogen and oxygen atoms in total. The average Bonchev–Trinajstić information content (AvgIpc) is 2.39. The van der Waals surface area contributed by atoms with Crippen LogP contribution in [0.5, 0.6) is 11.5 Å². The first-order valence-electron chi connectivity index (χ1n) is 5.81. The molecule has 0 atom stereocenters. The van der Waals surface area contributed by atoms with Crippen LogP contribution in [-0.4, -0.2) is 24.2 Å². The Morgan fingerprint density at radius 3 is 2.11 bits per heavy atom. The molecule has 98 valence electrons. The molecule has 2 N–H and O–H groups in total. The fourth-order valence-electron chi connectivity index (χ4n) is 1.60. The summed E-state index contributed by atoms with van der Waals surface area (Å²) in [4.78, 5) is 8.40. The minimum Gasteiger partial charge on any atom is -0.493 e. The van der Waals surface area contributed by atoms with Crippen LogP contribution in [0.1, 0.15) is 19.7 Å². The number of aryl methyl sites for hydroxylation is 1. The molecule has 2 aromatic rings. The number of ether oxygens (including phenoxy) is 2. The lowest BCUT2D eigenvalue weighted by Crippen LogP contribution is -1.99. The lowest BCUT2D eigenvalue weighted by molar-refractivity contribution is 0.356. The van der Waals surface area contributed by atoms with Crippen LogP contribution in [0.4, 0.5) is 5.82 Å². The Balaban J connectivity index is 0.000000771. The molecule has 0 saturated heterocycles. The van der Waals surface area contributed by atoms with Crippen LogP contribution in [0, 0.1) is 6.92 Å². The quantitative estimate of drug-likeness (QED) is 0.885.